The summed E-state index contributed by atoms with van der Waals surface area (Å²) in [4.78, 5) is 16.1. The Kier molecular flexibility index (Phi) is 2.99. The van der Waals surface area contributed by atoms with E-state index in [1.807, 2.05) is 25.1 Å². The van der Waals surface area contributed by atoms with E-state index in [4.69, 9.17) is 10.2 Å². The van der Waals surface area contributed by atoms with Crippen molar-refractivity contribution < 1.29 is 9.21 Å². The summed E-state index contributed by atoms with van der Waals surface area (Å²) in [6.45, 7) is 1.84. The third kappa shape index (κ3) is 2.16. The van der Waals surface area contributed by atoms with E-state index in [-0.39, 0.29) is 5.78 Å². The average Bonchev–Trinajstić information content (AvgIpc) is 2.90. The van der Waals surface area contributed by atoms with Crippen LogP contribution in [0.3, 0.4) is 0 Å². The number of carbonyl (C=O) groups excluding carboxylic acids is 1. The van der Waals surface area contributed by atoms with E-state index in [1.54, 1.807) is 24.3 Å². The molecule has 0 atom stereocenters. The van der Waals surface area contributed by atoms with Gasteiger partial charge in [0.15, 0.2) is 11.4 Å². The number of aromatic nitrogens is 1. The number of ketones is 1. The summed E-state index contributed by atoms with van der Waals surface area (Å²) in [7, 11) is 0. The summed E-state index contributed by atoms with van der Waals surface area (Å²) in [5.41, 5.74) is 9.23. The minimum absolute atomic E-state index is 0.0948. The number of carbonyl (C=O) groups is 1. The molecule has 1 aromatic heterocycles. The number of hydrogen-bond acceptors (Lipinski definition) is 4. The van der Waals surface area contributed by atoms with Gasteiger partial charge in [0.05, 0.1) is 0 Å². The van der Waals surface area contributed by atoms with Gasteiger partial charge in [-0.05, 0) is 42.5 Å². The first-order valence-electron chi connectivity index (χ1n) is 6.47. The van der Waals surface area contributed by atoms with E-state index in [0.29, 0.717) is 29.1 Å². The number of fused-ring (bicyclic) bond motifs is 1. The average molecular weight is 266 g/mol. The number of rotatable bonds is 3. The molecule has 0 fully saturated rings. The fraction of sp³-hybridized carbons (Fsp3) is 0.125. The van der Waals surface area contributed by atoms with Crippen LogP contribution < -0.4 is 5.73 Å². The van der Waals surface area contributed by atoms with Crippen LogP contribution >= 0.6 is 0 Å². The van der Waals surface area contributed by atoms with Crippen LogP contribution in [0.1, 0.15) is 23.7 Å². The third-order valence-corrected chi connectivity index (χ3v) is 3.19. The monoisotopic (exact) mass is 266 g/mol. The first kappa shape index (κ1) is 12.4. The van der Waals surface area contributed by atoms with Crippen molar-refractivity contribution in [2.24, 2.45) is 0 Å². The minimum Gasteiger partial charge on any atom is -0.436 e. The van der Waals surface area contributed by atoms with Gasteiger partial charge in [-0.15, -0.1) is 0 Å². The Morgan fingerprint density at radius 2 is 1.95 bits per heavy atom. The number of anilines is 1. The second-order valence-corrected chi connectivity index (χ2v) is 4.60. The van der Waals surface area contributed by atoms with Crippen molar-refractivity contribution in [3.05, 3.63) is 48.0 Å². The molecule has 3 aromatic rings. The standard InChI is InChI=1S/C16H14N2O2/c1-2-14(19)11-5-8-13-15(9-11)20-16(18-13)10-3-6-12(17)7-4-10/h3-9H,2,17H2,1H3. The lowest BCUT2D eigenvalue weighted by molar-refractivity contribution is 0.0988. The van der Waals surface area contributed by atoms with Crippen molar-refractivity contribution in [1.82, 2.24) is 4.98 Å². The van der Waals surface area contributed by atoms with Crippen LogP contribution in [0, 0.1) is 0 Å². The predicted octanol–water partition coefficient (Wildman–Crippen LogP) is 3.67. The summed E-state index contributed by atoms with van der Waals surface area (Å²) in [5.74, 6) is 0.624. The normalized spacial score (nSPS) is 10.8. The second-order valence-electron chi connectivity index (χ2n) is 4.60. The Hall–Kier alpha value is -2.62. The topological polar surface area (TPSA) is 69.1 Å². The molecule has 0 aliphatic rings. The molecule has 0 radical (unpaired) electrons. The SMILES string of the molecule is CCC(=O)c1ccc2nc(-c3ccc(N)cc3)oc2c1. The first-order valence-corrected chi connectivity index (χ1v) is 6.47. The summed E-state index contributed by atoms with van der Waals surface area (Å²) in [5, 5.41) is 0. The third-order valence-electron chi connectivity index (χ3n) is 3.19. The largest absolute Gasteiger partial charge is 0.436 e. The number of nitrogens with zero attached hydrogens (tertiary/aromatic N) is 1. The van der Waals surface area contributed by atoms with E-state index in [9.17, 15) is 4.79 Å². The van der Waals surface area contributed by atoms with E-state index < -0.39 is 0 Å². The van der Waals surface area contributed by atoms with Crippen LogP contribution in [0.5, 0.6) is 0 Å². The van der Waals surface area contributed by atoms with Gasteiger partial charge in [0, 0.05) is 23.2 Å². The molecule has 0 saturated heterocycles. The molecular formula is C16H14N2O2. The fourth-order valence-corrected chi connectivity index (χ4v) is 2.05. The van der Waals surface area contributed by atoms with Crippen LogP contribution in [-0.4, -0.2) is 10.8 Å². The fourth-order valence-electron chi connectivity index (χ4n) is 2.05. The van der Waals surface area contributed by atoms with E-state index in [0.717, 1.165) is 11.1 Å². The van der Waals surface area contributed by atoms with Gasteiger partial charge in [0.1, 0.15) is 5.52 Å². The number of Topliss-reactive ketones (excluding diaryl/α,β-unsaturated/α-hetero) is 1. The van der Waals surface area contributed by atoms with Crippen molar-refractivity contribution in [1.29, 1.82) is 0 Å². The number of oxazole rings is 1. The van der Waals surface area contributed by atoms with Gasteiger partial charge in [0.25, 0.3) is 0 Å². The van der Waals surface area contributed by atoms with Gasteiger partial charge >= 0.3 is 0 Å². The molecule has 0 aliphatic heterocycles. The van der Waals surface area contributed by atoms with Crippen LogP contribution in [0.2, 0.25) is 0 Å². The van der Waals surface area contributed by atoms with Crippen molar-refractivity contribution in [2.75, 3.05) is 5.73 Å². The van der Waals surface area contributed by atoms with Gasteiger partial charge in [0.2, 0.25) is 5.89 Å². The van der Waals surface area contributed by atoms with Crippen molar-refractivity contribution in [3.8, 4) is 11.5 Å². The zero-order valence-corrected chi connectivity index (χ0v) is 11.1. The van der Waals surface area contributed by atoms with Crippen molar-refractivity contribution in [3.63, 3.8) is 0 Å². The van der Waals surface area contributed by atoms with E-state index >= 15 is 0 Å². The Morgan fingerprint density at radius 1 is 1.20 bits per heavy atom. The molecule has 4 heteroatoms. The lowest BCUT2D eigenvalue weighted by Gasteiger charge is -1.96. The van der Waals surface area contributed by atoms with Crippen molar-refractivity contribution in [2.45, 2.75) is 13.3 Å². The Balaban J connectivity index is 2.06. The molecule has 0 saturated carbocycles. The maximum atomic E-state index is 11.7. The van der Waals surface area contributed by atoms with E-state index in [1.165, 1.54) is 0 Å². The number of nitrogens with two attached hydrogens (primary N) is 1. The zero-order valence-electron chi connectivity index (χ0n) is 11.1. The number of nitrogen functional groups attached to an aromatic ring is 1. The van der Waals surface area contributed by atoms with Gasteiger partial charge in [-0.2, -0.15) is 0 Å². The Bertz CT molecular complexity index is 773. The molecule has 0 bridgehead atoms. The molecule has 1 heterocycles. The molecule has 100 valence electrons. The molecule has 3 rings (SSSR count). The highest BCUT2D eigenvalue weighted by Gasteiger charge is 2.10. The molecule has 0 amide bonds. The highest BCUT2D eigenvalue weighted by Crippen LogP contribution is 2.25. The molecule has 4 nitrogen and oxygen atoms in total. The van der Waals surface area contributed by atoms with Crippen LogP contribution in [-0.2, 0) is 0 Å². The molecule has 0 spiro atoms. The number of hydrogen-bond donors (Lipinski definition) is 1. The minimum atomic E-state index is 0.0948. The maximum absolute atomic E-state index is 11.7. The van der Waals surface area contributed by atoms with Gasteiger partial charge in [-0.1, -0.05) is 6.92 Å². The van der Waals surface area contributed by atoms with Gasteiger partial charge < -0.3 is 10.2 Å². The van der Waals surface area contributed by atoms with Crippen LogP contribution in [0.4, 0.5) is 5.69 Å². The predicted molar refractivity (Wildman–Crippen MR) is 78.5 cm³/mol. The summed E-state index contributed by atoms with van der Waals surface area (Å²) >= 11 is 0. The van der Waals surface area contributed by atoms with Gasteiger partial charge in [-0.25, -0.2) is 4.98 Å². The van der Waals surface area contributed by atoms with Crippen LogP contribution in [0.25, 0.3) is 22.6 Å². The molecule has 0 unspecified atom stereocenters. The number of benzene rings is 2. The lowest BCUT2D eigenvalue weighted by atomic mass is 10.1. The highest BCUT2D eigenvalue weighted by molar-refractivity contribution is 5.98. The smallest absolute Gasteiger partial charge is 0.227 e. The molecule has 20 heavy (non-hydrogen) atoms. The Labute approximate surface area is 116 Å². The molecule has 0 aliphatic carbocycles. The van der Waals surface area contributed by atoms with E-state index in [2.05, 4.69) is 4.98 Å². The zero-order chi connectivity index (χ0) is 14.1. The first-order chi connectivity index (χ1) is 9.67. The lowest BCUT2D eigenvalue weighted by Crippen LogP contribution is -1.95. The Morgan fingerprint density at radius 3 is 2.65 bits per heavy atom. The quantitative estimate of drug-likeness (QED) is 0.580. The van der Waals surface area contributed by atoms with Crippen molar-refractivity contribution >= 4 is 22.6 Å². The van der Waals surface area contributed by atoms with Crippen LogP contribution in [0.15, 0.2) is 46.9 Å². The maximum Gasteiger partial charge on any atom is 0.227 e. The summed E-state index contributed by atoms with van der Waals surface area (Å²) in [6.07, 6.45) is 0.477. The molecular weight excluding hydrogens is 252 g/mol. The summed E-state index contributed by atoms with van der Waals surface area (Å²) < 4.78 is 5.73. The highest BCUT2D eigenvalue weighted by atomic mass is 16.3. The second kappa shape index (κ2) is 4.81. The molecule has 2 N–H and O–H groups in total. The summed E-state index contributed by atoms with van der Waals surface area (Å²) in [6, 6.07) is 12.7. The van der Waals surface area contributed by atoms with Gasteiger partial charge in [-0.3, -0.25) is 4.79 Å². The molecule has 2 aromatic carbocycles.